The molecule has 1 saturated heterocycles. The Bertz CT molecular complexity index is 419. The molecule has 1 rings (SSSR count). The zero-order valence-electron chi connectivity index (χ0n) is 17.0. The average molecular weight is 327 g/mol. The number of esters is 1. The maximum atomic E-state index is 13.0. The Balaban J connectivity index is 2.96. The van der Waals surface area contributed by atoms with E-state index in [0.29, 0.717) is 0 Å². The van der Waals surface area contributed by atoms with E-state index >= 15 is 0 Å². The molecule has 1 unspecified atom stereocenters. The van der Waals surface area contributed by atoms with E-state index in [1.165, 1.54) is 0 Å². The molecular weight excluding hydrogens is 288 g/mol. The number of carbonyl (C=O) groups is 1. The number of nitrogens with one attached hydrogen (secondary N) is 1. The van der Waals surface area contributed by atoms with Crippen LogP contribution in [0.1, 0.15) is 75.2 Å². The van der Waals surface area contributed by atoms with Crippen molar-refractivity contribution in [2.24, 2.45) is 5.41 Å². The first-order valence-electron chi connectivity index (χ1n) is 8.87. The van der Waals surface area contributed by atoms with Crippen LogP contribution in [0.5, 0.6) is 0 Å². The van der Waals surface area contributed by atoms with Crippen LogP contribution in [0.2, 0.25) is 0 Å². The lowest BCUT2D eigenvalue weighted by Crippen LogP contribution is -2.63. The van der Waals surface area contributed by atoms with Crippen molar-refractivity contribution in [2.45, 2.75) is 97.9 Å². The molecule has 23 heavy (non-hydrogen) atoms. The van der Waals surface area contributed by atoms with Gasteiger partial charge in [-0.3, -0.25) is 9.69 Å². The molecule has 4 nitrogen and oxygen atoms in total. The van der Waals surface area contributed by atoms with Gasteiger partial charge in [-0.25, -0.2) is 0 Å². The molecule has 0 saturated carbocycles. The lowest BCUT2D eigenvalue weighted by atomic mass is 9.74. The average Bonchev–Trinajstić information content (AvgIpc) is 2.33. The smallest absolute Gasteiger partial charge is 0.326 e. The zero-order chi connectivity index (χ0) is 18.3. The van der Waals surface area contributed by atoms with Gasteiger partial charge in [-0.05, 0) is 53.6 Å². The predicted octanol–water partition coefficient (Wildman–Crippen LogP) is 3.60. The fraction of sp³-hybridized carbons (Fsp3) is 0.947. The van der Waals surface area contributed by atoms with E-state index in [1.807, 2.05) is 13.8 Å². The summed E-state index contributed by atoms with van der Waals surface area (Å²) in [6, 6.07) is 0. The maximum absolute atomic E-state index is 13.0. The molecule has 4 heteroatoms. The Hall–Kier alpha value is -0.610. The van der Waals surface area contributed by atoms with Gasteiger partial charge < -0.3 is 10.1 Å². The molecule has 0 bridgehead atoms. The summed E-state index contributed by atoms with van der Waals surface area (Å²) in [6.45, 7) is 19.9. The molecule has 1 N–H and O–H groups in total. The summed E-state index contributed by atoms with van der Waals surface area (Å²) in [4.78, 5) is 15.4. The Morgan fingerprint density at radius 2 is 1.57 bits per heavy atom. The van der Waals surface area contributed by atoms with Gasteiger partial charge in [-0.2, -0.15) is 0 Å². The molecule has 1 atom stereocenters. The molecule has 0 aliphatic carbocycles. The van der Waals surface area contributed by atoms with E-state index in [4.69, 9.17) is 4.74 Å². The number of carbonyl (C=O) groups excluding carboxylic acids is 1. The van der Waals surface area contributed by atoms with E-state index in [-0.39, 0.29) is 28.6 Å². The topological polar surface area (TPSA) is 41.6 Å². The van der Waals surface area contributed by atoms with Crippen LogP contribution in [0.25, 0.3) is 0 Å². The zero-order valence-corrected chi connectivity index (χ0v) is 17.0. The van der Waals surface area contributed by atoms with E-state index < -0.39 is 5.54 Å². The molecule has 1 fully saturated rings. The number of ether oxygens (including phenoxy) is 1. The number of likely N-dealkylation sites (N-methyl/N-ethyl adjacent to an activating group) is 1. The lowest BCUT2D eigenvalue weighted by Gasteiger charge is -2.53. The van der Waals surface area contributed by atoms with Gasteiger partial charge in [0.15, 0.2) is 0 Å². The highest BCUT2D eigenvalue weighted by atomic mass is 16.5. The molecule has 0 aromatic carbocycles. The monoisotopic (exact) mass is 326 g/mol. The number of rotatable bonds is 4. The number of hydrogen-bond acceptors (Lipinski definition) is 4. The van der Waals surface area contributed by atoms with Gasteiger partial charge in [0.1, 0.15) is 11.6 Å². The van der Waals surface area contributed by atoms with Crippen molar-refractivity contribution in [3.8, 4) is 0 Å². The Labute approximate surface area is 143 Å². The highest BCUT2D eigenvalue weighted by Crippen LogP contribution is 2.39. The molecule has 136 valence electrons. The third-order valence-corrected chi connectivity index (χ3v) is 5.98. The lowest BCUT2D eigenvalue weighted by molar-refractivity contribution is -0.170. The van der Waals surface area contributed by atoms with Gasteiger partial charge in [0.2, 0.25) is 0 Å². The van der Waals surface area contributed by atoms with Crippen LogP contribution in [-0.4, -0.2) is 47.2 Å². The minimum absolute atomic E-state index is 0.0169. The molecule has 0 spiro atoms. The second-order valence-corrected chi connectivity index (χ2v) is 9.52. The maximum Gasteiger partial charge on any atom is 0.326 e. The van der Waals surface area contributed by atoms with Crippen molar-refractivity contribution in [3.63, 3.8) is 0 Å². The molecule has 1 heterocycles. The van der Waals surface area contributed by atoms with Crippen LogP contribution in [0.15, 0.2) is 0 Å². The van der Waals surface area contributed by atoms with Gasteiger partial charge in [0.05, 0.1) is 0 Å². The minimum atomic E-state index is -0.681. The quantitative estimate of drug-likeness (QED) is 0.802. The number of nitrogens with zero attached hydrogens (tertiary/aromatic N) is 1. The van der Waals surface area contributed by atoms with Gasteiger partial charge >= 0.3 is 5.97 Å². The summed E-state index contributed by atoms with van der Waals surface area (Å²) in [7, 11) is 2.16. The van der Waals surface area contributed by atoms with Crippen LogP contribution in [-0.2, 0) is 9.53 Å². The summed E-state index contributed by atoms with van der Waals surface area (Å²) in [5, 5.41) is 3.35. The SMILES string of the molecule is CCNC(C)(C(=O)OC1CC(C)(C)N(C)C(C)(C)C1)C(C)(C)C. The summed E-state index contributed by atoms with van der Waals surface area (Å²) in [5.74, 6) is -0.131. The number of likely N-dealkylation sites (tertiary alicyclic amines) is 1. The van der Waals surface area contributed by atoms with Crippen molar-refractivity contribution in [3.05, 3.63) is 0 Å². The third-order valence-electron chi connectivity index (χ3n) is 5.98. The normalized spacial score (nSPS) is 25.0. The molecular formula is C19H38N2O2. The van der Waals surface area contributed by atoms with Crippen LogP contribution in [0.4, 0.5) is 0 Å². The standard InChI is InChI=1S/C19H38N2O2/c1-11-20-19(9,16(2,3)4)15(22)23-14-12-17(5,6)21(10)18(7,8)13-14/h14,20H,11-13H2,1-10H3. The van der Waals surface area contributed by atoms with Gasteiger partial charge in [0, 0.05) is 23.9 Å². The first-order valence-corrected chi connectivity index (χ1v) is 8.87. The van der Waals surface area contributed by atoms with E-state index in [1.54, 1.807) is 0 Å². The molecule has 0 aromatic rings. The Kier molecular flexibility index (Phi) is 5.65. The fourth-order valence-corrected chi connectivity index (χ4v) is 3.63. The summed E-state index contributed by atoms with van der Waals surface area (Å²) >= 11 is 0. The summed E-state index contributed by atoms with van der Waals surface area (Å²) in [6.07, 6.45) is 1.69. The van der Waals surface area contributed by atoms with Crippen molar-refractivity contribution >= 4 is 5.97 Å². The van der Waals surface area contributed by atoms with Crippen LogP contribution < -0.4 is 5.32 Å². The Morgan fingerprint density at radius 1 is 1.13 bits per heavy atom. The molecule has 0 amide bonds. The fourth-order valence-electron chi connectivity index (χ4n) is 3.63. The number of piperidine rings is 1. The van der Waals surface area contributed by atoms with Crippen molar-refractivity contribution in [2.75, 3.05) is 13.6 Å². The van der Waals surface area contributed by atoms with Crippen LogP contribution >= 0.6 is 0 Å². The van der Waals surface area contributed by atoms with Gasteiger partial charge in [-0.1, -0.05) is 27.7 Å². The first-order chi connectivity index (χ1) is 10.2. The van der Waals surface area contributed by atoms with Crippen LogP contribution in [0.3, 0.4) is 0 Å². The Morgan fingerprint density at radius 3 is 1.91 bits per heavy atom. The van der Waals surface area contributed by atoms with Crippen molar-refractivity contribution in [1.29, 1.82) is 0 Å². The summed E-state index contributed by atoms with van der Waals surface area (Å²) in [5.41, 5.74) is -0.859. The van der Waals surface area contributed by atoms with Gasteiger partial charge in [-0.15, -0.1) is 0 Å². The summed E-state index contributed by atoms with van der Waals surface area (Å²) < 4.78 is 6.03. The van der Waals surface area contributed by atoms with Crippen LogP contribution in [0, 0.1) is 5.41 Å². The third kappa shape index (κ3) is 4.08. The first kappa shape index (κ1) is 20.4. The number of hydrogen-bond donors (Lipinski definition) is 1. The highest BCUT2D eigenvalue weighted by Gasteiger charge is 2.49. The highest BCUT2D eigenvalue weighted by molar-refractivity contribution is 5.81. The second-order valence-electron chi connectivity index (χ2n) is 9.52. The van der Waals surface area contributed by atoms with Gasteiger partial charge in [0.25, 0.3) is 0 Å². The van der Waals surface area contributed by atoms with E-state index in [2.05, 4.69) is 65.7 Å². The van der Waals surface area contributed by atoms with E-state index in [0.717, 1.165) is 19.4 Å². The molecule has 1 aliphatic rings. The minimum Gasteiger partial charge on any atom is -0.461 e. The van der Waals surface area contributed by atoms with E-state index in [9.17, 15) is 4.79 Å². The molecule has 0 radical (unpaired) electrons. The predicted molar refractivity (Wildman–Crippen MR) is 96.6 cm³/mol. The van der Waals surface area contributed by atoms with Crippen molar-refractivity contribution < 1.29 is 9.53 Å². The molecule has 1 aliphatic heterocycles. The largest absolute Gasteiger partial charge is 0.461 e. The second kappa shape index (κ2) is 6.36. The molecule has 0 aromatic heterocycles. The van der Waals surface area contributed by atoms with Crippen molar-refractivity contribution in [1.82, 2.24) is 10.2 Å².